The molecular formula is C26H33N3O4. The van der Waals surface area contributed by atoms with Crippen LogP contribution in [0.3, 0.4) is 0 Å². The quantitative estimate of drug-likeness (QED) is 0.537. The minimum Gasteiger partial charge on any atom is -0.469 e. The SMILES string of the molecule is CCC(c1ccc(C(COC)CC(=O)OC)cc1Nc1ccc(C#N)cc1)N1CCOCC1. The summed E-state index contributed by atoms with van der Waals surface area (Å²) in [6.45, 7) is 5.89. The Kier molecular flexibility index (Phi) is 9.25. The molecule has 2 aromatic rings. The van der Waals surface area contributed by atoms with Gasteiger partial charge in [0.25, 0.3) is 0 Å². The van der Waals surface area contributed by atoms with Gasteiger partial charge in [0.2, 0.25) is 0 Å². The van der Waals surface area contributed by atoms with Crippen molar-refractivity contribution in [3.63, 3.8) is 0 Å². The zero-order chi connectivity index (χ0) is 23.6. The molecule has 176 valence electrons. The summed E-state index contributed by atoms with van der Waals surface area (Å²) in [5.41, 5.74) is 4.72. The third-order valence-corrected chi connectivity index (χ3v) is 6.08. The number of benzene rings is 2. The Balaban J connectivity index is 1.99. The summed E-state index contributed by atoms with van der Waals surface area (Å²) < 4.78 is 15.9. The molecule has 33 heavy (non-hydrogen) atoms. The maximum absolute atomic E-state index is 12.0. The van der Waals surface area contributed by atoms with Crippen LogP contribution in [-0.4, -0.2) is 58.0 Å². The molecule has 1 heterocycles. The van der Waals surface area contributed by atoms with Gasteiger partial charge in [-0.15, -0.1) is 0 Å². The van der Waals surface area contributed by atoms with E-state index in [9.17, 15) is 4.79 Å². The van der Waals surface area contributed by atoms with Gasteiger partial charge in [0.1, 0.15) is 0 Å². The molecule has 1 saturated heterocycles. The van der Waals surface area contributed by atoms with Gasteiger partial charge in [-0.05, 0) is 47.9 Å². The van der Waals surface area contributed by atoms with Crippen LogP contribution in [0.1, 0.15) is 48.4 Å². The monoisotopic (exact) mass is 451 g/mol. The van der Waals surface area contributed by atoms with E-state index in [0.29, 0.717) is 12.2 Å². The van der Waals surface area contributed by atoms with Crippen molar-refractivity contribution in [2.75, 3.05) is 52.4 Å². The second kappa shape index (κ2) is 12.4. The van der Waals surface area contributed by atoms with Crippen molar-refractivity contribution >= 4 is 17.3 Å². The van der Waals surface area contributed by atoms with Crippen molar-refractivity contribution < 1.29 is 19.0 Å². The summed E-state index contributed by atoms with van der Waals surface area (Å²) in [7, 11) is 3.04. The molecule has 1 aliphatic rings. The highest BCUT2D eigenvalue weighted by atomic mass is 16.5. The van der Waals surface area contributed by atoms with Crippen molar-refractivity contribution in [3.05, 3.63) is 59.2 Å². The second-order valence-corrected chi connectivity index (χ2v) is 8.17. The second-order valence-electron chi connectivity index (χ2n) is 8.17. The fourth-order valence-electron chi connectivity index (χ4n) is 4.33. The molecule has 1 aliphatic heterocycles. The summed E-state index contributed by atoms with van der Waals surface area (Å²) in [5, 5.41) is 12.7. The number of esters is 1. The van der Waals surface area contributed by atoms with Crippen LogP contribution in [0, 0.1) is 11.3 Å². The lowest BCUT2D eigenvalue weighted by Crippen LogP contribution is -2.39. The van der Waals surface area contributed by atoms with E-state index in [1.54, 1.807) is 19.2 Å². The largest absolute Gasteiger partial charge is 0.469 e. The van der Waals surface area contributed by atoms with E-state index in [0.717, 1.165) is 49.7 Å². The van der Waals surface area contributed by atoms with Gasteiger partial charge in [-0.3, -0.25) is 9.69 Å². The Morgan fingerprint density at radius 1 is 1.18 bits per heavy atom. The average molecular weight is 452 g/mol. The first kappa shape index (κ1) is 24.7. The van der Waals surface area contributed by atoms with Crippen LogP contribution in [0.5, 0.6) is 0 Å². The Labute approximate surface area is 196 Å². The first-order chi connectivity index (χ1) is 16.1. The predicted molar refractivity (Wildman–Crippen MR) is 128 cm³/mol. The zero-order valence-electron chi connectivity index (χ0n) is 19.7. The maximum atomic E-state index is 12.0. The summed E-state index contributed by atoms with van der Waals surface area (Å²) in [6.07, 6.45) is 1.21. The number of nitrogens with one attached hydrogen (secondary N) is 1. The van der Waals surface area contributed by atoms with E-state index in [4.69, 9.17) is 19.5 Å². The molecular weight excluding hydrogens is 418 g/mol. The Morgan fingerprint density at radius 2 is 1.91 bits per heavy atom. The van der Waals surface area contributed by atoms with Crippen LogP contribution in [0.15, 0.2) is 42.5 Å². The molecule has 0 radical (unpaired) electrons. The lowest BCUT2D eigenvalue weighted by Gasteiger charge is -2.35. The van der Waals surface area contributed by atoms with Crippen molar-refractivity contribution in [3.8, 4) is 6.07 Å². The van der Waals surface area contributed by atoms with Crippen molar-refractivity contribution in [1.82, 2.24) is 4.90 Å². The van der Waals surface area contributed by atoms with Gasteiger partial charge in [-0.2, -0.15) is 5.26 Å². The number of nitrogens with zero attached hydrogens (tertiary/aromatic N) is 2. The maximum Gasteiger partial charge on any atom is 0.306 e. The van der Waals surface area contributed by atoms with Gasteiger partial charge in [-0.25, -0.2) is 0 Å². The van der Waals surface area contributed by atoms with Crippen LogP contribution < -0.4 is 5.32 Å². The normalized spacial score (nSPS) is 15.9. The summed E-state index contributed by atoms with van der Waals surface area (Å²) >= 11 is 0. The van der Waals surface area contributed by atoms with E-state index < -0.39 is 0 Å². The van der Waals surface area contributed by atoms with Crippen molar-refractivity contribution in [1.29, 1.82) is 5.26 Å². The molecule has 1 N–H and O–H groups in total. The number of methoxy groups -OCH3 is 2. The highest BCUT2D eigenvalue weighted by Gasteiger charge is 2.25. The first-order valence-corrected chi connectivity index (χ1v) is 11.4. The number of carbonyl (C=O) groups excluding carboxylic acids is 1. The molecule has 7 heteroatoms. The van der Waals surface area contributed by atoms with Crippen molar-refractivity contribution in [2.45, 2.75) is 31.7 Å². The lowest BCUT2D eigenvalue weighted by atomic mass is 9.91. The van der Waals surface area contributed by atoms with Gasteiger partial charge in [0.05, 0.1) is 45.0 Å². The molecule has 7 nitrogen and oxygen atoms in total. The highest BCUT2D eigenvalue weighted by Crippen LogP contribution is 2.35. The Hall–Kier alpha value is -2.92. The van der Waals surface area contributed by atoms with E-state index in [1.807, 2.05) is 12.1 Å². The molecule has 2 aromatic carbocycles. The van der Waals surface area contributed by atoms with Crippen molar-refractivity contribution in [2.24, 2.45) is 0 Å². The minimum atomic E-state index is -0.262. The summed E-state index contributed by atoms with van der Waals surface area (Å²) in [4.78, 5) is 14.5. The van der Waals surface area contributed by atoms with Gasteiger partial charge in [0, 0.05) is 43.5 Å². The smallest absolute Gasteiger partial charge is 0.306 e. The molecule has 0 spiro atoms. The Morgan fingerprint density at radius 3 is 2.52 bits per heavy atom. The van der Waals surface area contributed by atoms with Crippen LogP contribution >= 0.6 is 0 Å². The Bertz CT molecular complexity index is 949. The molecule has 2 unspecified atom stereocenters. The van der Waals surface area contributed by atoms with Crippen LogP contribution in [-0.2, 0) is 19.0 Å². The van der Waals surface area contributed by atoms with Gasteiger partial charge >= 0.3 is 5.97 Å². The van der Waals surface area contributed by atoms with E-state index in [-0.39, 0.29) is 24.3 Å². The molecule has 0 aliphatic carbocycles. The number of morpholine rings is 1. The van der Waals surface area contributed by atoms with Crippen LogP contribution in [0.2, 0.25) is 0 Å². The van der Waals surface area contributed by atoms with Gasteiger partial charge in [-0.1, -0.05) is 19.1 Å². The predicted octanol–water partition coefficient (Wildman–Crippen LogP) is 4.38. The highest BCUT2D eigenvalue weighted by molar-refractivity contribution is 5.71. The third kappa shape index (κ3) is 6.55. The number of hydrogen-bond acceptors (Lipinski definition) is 7. The molecule has 2 atom stereocenters. The third-order valence-electron chi connectivity index (χ3n) is 6.08. The standard InChI is InChI=1S/C26H33N3O4/c1-4-25(29-11-13-33-14-12-29)23-10-7-20(21(18-31-2)16-26(30)32-3)15-24(23)28-22-8-5-19(17-27)6-9-22/h5-10,15,21,25,28H,4,11-14,16,18H2,1-3H3. The fourth-order valence-corrected chi connectivity index (χ4v) is 4.33. The number of carbonyl (C=O) groups is 1. The summed E-state index contributed by atoms with van der Waals surface area (Å²) in [6, 6.07) is 16.2. The van der Waals surface area contributed by atoms with E-state index >= 15 is 0 Å². The molecule has 0 aromatic heterocycles. The number of ether oxygens (including phenoxy) is 3. The number of hydrogen-bond donors (Lipinski definition) is 1. The minimum absolute atomic E-state index is 0.110. The zero-order valence-corrected chi connectivity index (χ0v) is 19.7. The topological polar surface area (TPSA) is 83.8 Å². The van der Waals surface area contributed by atoms with Crippen LogP contribution in [0.4, 0.5) is 11.4 Å². The average Bonchev–Trinajstić information content (AvgIpc) is 2.86. The van der Waals surface area contributed by atoms with Gasteiger partial charge in [0.15, 0.2) is 0 Å². The van der Waals surface area contributed by atoms with E-state index in [1.165, 1.54) is 12.7 Å². The molecule has 0 saturated carbocycles. The summed E-state index contributed by atoms with van der Waals surface area (Å²) in [5.74, 6) is -0.371. The number of anilines is 2. The van der Waals surface area contributed by atoms with Crippen LogP contribution in [0.25, 0.3) is 0 Å². The van der Waals surface area contributed by atoms with E-state index in [2.05, 4.69) is 41.4 Å². The molecule has 3 rings (SSSR count). The molecule has 0 bridgehead atoms. The number of rotatable bonds is 10. The number of nitriles is 1. The van der Waals surface area contributed by atoms with Gasteiger partial charge < -0.3 is 19.5 Å². The fraction of sp³-hybridized carbons (Fsp3) is 0.462. The molecule has 0 amide bonds. The molecule has 1 fully saturated rings. The lowest BCUT2D eigenvalue weighted by molar-refractivity contribution is -0.141. The first-order valence-electron chi connectivity index (χ1n) is 11.4.